The molecule has 0 saturated carbocycles. The zero-order chi connectivity index (χ0) is 18.0. The van der Waals surface area contributed by atoms with Gasteiger partial charge in [0.1, 0.15) is 0 Å². The highest BCUT2D eigenvalue weighted by Crippen LogP contribution is 2.18. The van der Waals surface area contributed by atoms with E-state index in [9.17, 15) is 14.4 Å². The molecule has 0 spiro atoms. The third-order valence-electron chi connectivity index (χ3n) is 4.82. The summed E-state index contributed by atoms with van der Waals surface area (Å²) in [6, 6.07) is 7.16. The second kappa shape index (κ2) is 7.35. The number of morpholine rings is 1. The number of hydrogen-bond donors (Lipinski definition) is 0. The largest absolute Gasteiger partial charge is 0.374 e. The van der Waals surface area contributed by atoms with Gasteiger partial charge in [-0.25, -0.2) is 0 Å². The van der Waals surface area contributed by atoms with Crippen LogP contribution in [0.4, 0.5) is 0 Å². The van der Waals surface area contributed by atoms with Crippen molar-refractivity contribution >= 4 is 17.7 Å². The number of rotatable bonds is 4. The van der Waals surface area contributed by atoms with Crippen molar-refractivity contribution in [3.05, 3.63) is 35.4 Å². The fraction of sp³-hybridized carbons (Fsp3) is 0.526. The SMILES string of the molecule is CC(C)C1CN(C(=O)c2ccc(CN3C(=O)CCC3=O)cc2)CCO1. The van der Waals surface area contributed by atoms with E-state index in [-0.39, 0.29) is 30.4 Å². The molecule has 25 heavy (non-hydrogen) atoms. The number of imide groups is 1. The molecular formula is C19H24N2O4. The van der Waals surface area contributed by atoms with Gasteiger partial charge in [-0.2, -0.15) is 0 Å². The van der Waals surface area contributed by atoms with Crippen LogP contribution in [0.3, 0.4) is 0 Å². The van der Waals surface area contributed by atoms with Gasteiger partial charge in [-0.3, -0.25) is 19.3 Å². The second-order valence-corrected chi connectivity index (χ2v) is 6.97. The van der Waals surface area contributed by atoms with E-state index in [0.717, 1.165) is 5.56 Å². The molecule has 1 aromatic rings. The lowest BCUT2D eigenvalue weighted by Crippen LogP contribution is -2.47. The maximum absolute atomic E-state index is 12.7. The number of nitrogens with zero attached hydrogens (tertiary/aromatic N) is 2. The van der Waals surface area contributed by atoms with Gasteiger partial charge in [-0.05, 0) is 23.6 Å². The fourth-order valence-electron chi connectivity index (χ4n) is 3.18. The Morgan fingerprint density at radius 1 is 1.16 bits per heavy atom. The molecule has 2 fully saturated rings. The Morgan fingerprint density at radius 2 is 1.80 bits per heavy atom. The van der Waals surface area contributed by atoms with Crippen molar-refractivity contribution in [1.82, 2.24) is 9.80 Å². The highest BCUT2D eigenvalue weighted by atomic mass is 16.5. The Morgan fingerprint density at radius 3 is 2.40 bits per heavy atom. The van der Waals surface area contributed by atoms with E-state index < -0.39 is 0 Å². The van der Waals surface area contributed by atoms with Gasteiger partial charge < -0.3 is 9.64 Å². The number of amides is 3. The lowest BCUT2D eigenvalue weighted by Gasteiger charge is -2.35. The summed E-state index contributed by atoms with van der Waals surface area (Å²) in [5.41, 5.74) is 1.47. The Balaban J connectivity index is 1.64. The van der Waals surface area contributed by atoms with Crippen molar-refractivity contribution in [3.8, 4) is 0 Å². The Hall–Kier alpha value is -2.21. The van der Waals surface area contributed by atoms with E-state index in [1.165, 1.54) is 4.90 Å². The van der Waals surface area contributed by atoms with E-state index in [1.807, 2.05) is 17.0 Å². The molecule has 2 heterocycles. The summed E-state index contributed by atoms with van der Waals surface area (Å²) in [5, 5.41) is 0. The van der Waals surface area contributed by atoms with Crippen LogP contribution in [0, 0.1) is 5.92 Å². The zero-order valence-corrected chi connectivity index (χ0v) is 14.7. The van der Waals surface area contributed by atoms with Gasteiger partial charge in [0.25, 0.3) is 5.91 Å². The summed E-state index contributed by atoms with van der Waals surface area (Å²) < 4.78 is 5.71. The number of benzene rings is 1. The molecule has 0 aromatic heterocycles. The Kier molecular flexibility index (Phi) is 5.18. The molecule has 2 aliphatic heterocycles. The molecule has 6 heteroatoms. The van der Waals surface area contributed by atoms with Gasteiger partial charge in [0.15, 0.2) is 0 Å². The molecule has 0 aliphatic carbocycles. The summed E-state index contributed by atoms with van der Waals surface area (Å²) in [6.07, 6.45) is 0.663. The van der Waals surface area contributed by atoms with Gasteiger partial charge in [-0.1, -0.05) is 26.0 Å². The van der Waals surface area contributed by atoms with Crippen LogP contribution in [0.25, 0.3) is 0 Å². The third kappa shape index (κ3) is 3.90. The van der Waals surface area contributed by atoms with Crippen LogP contribution < -0.4 is 0 Å². The van der Waals surface area contributed by atoms with E-state index >= 15 is 0 Å². The lowest BCUT2D eigenvalue weighted by molar-refractivity contribution is -0.139. The number of carbonyl (C=O) groups is 3. The van der Waals surface area contributed by atoms with E-state index in [2.05, 4.69) is 13.8 Å². The maximum atomic E-state index is 12.7. The van der Waals surface area contributed by atoms with E-state index in [4.69, 9.17) is 4.74 Å². The average molecular weight is 344 g/mol. The monoisotopic (exact) mass is 344 g/mol. The number of carbonyl (C=O) groups excluding carboxylic acids is 3. The molecule has 0 radical (unpaired) electrons. The van der Waals surface area contributed by atoms with Crippen molar-refractivity contribution in [2.45, 2.75) is 39.3 Å². The molecule has 2 aliphatic rings. The molecule has 3 rings (SSSR count). The summed E-state index contributed by atoms with van der Waals surface area (Å²) in [5.74, 6) is 0.110. The third-order valence-corrected chi connectivity index (χ3v) is 4.82. The molecule has 1 unspecified atom stereocenters. The smallest absolute Gasteiger partial charge is 0.254 e. The normalized spacial score (nSPS) is 21.3. The van der Waals surface area contributed by atoms with Crippen LogP contribution in [0.1, 0.15) is 42.6 Å². The first kappa shape index (κ1) is 17.6. The van der Waals surface area contributed by atoms with Crippen molar-refractivity contribution in [1.29, 1.82) is 0 Å². The lowest BCUT2D eigenvalue weighted by atomic mass is 10.0. The van der Waals surface area contributed by atoms with Crippen molar-refractivity contribution in [3.63, 3.8) is 0 Å². The first-order valence-electron chi connectivity index (χ1n) is 8.78. The first-order chi connectivity index (χ1) is 12.0. The maximum Gasteiger partial charge on any atom is 0.254 e. The van der Waals surface area contributed by atoms with Crippen LogP contribution in [0.15, 0.2) is 24.3 Å². The molecule has 3 amide bonds. The molecule has 1 atom stereocenters. The molecule has 134 valence electrons. The highest BCUT2D eigenvalue weighted by molar-refractivity contribution is 6.01. The van der Waals surface area contributed by atoms with E-state index in [0.29, 0.717) is 44.0 Å². The summed E-state index contributed by atoms with van der Waals surface area (Å²) in [4.78, 5) is 39.2. The molecule has 0 bridgehead atoms. The fourth-order valence-corrected chi connectivity index (χ4v) is 3.18. The number of hydrogen-bond acceptors (Lipinski definition) is 4. The molecule has 6 nitrogen and oxygen atoms in total. The standard InChI is InChI=1S/C19H24N2O4/c1-13(2)16-12-20(9-10-25-16)19(24)15-5-3-14(4-6-15)11-21-17(22)7-8-18(21)23/h3-6,13,16H,7-12H2,1-2H3. The Bertz CT molecular complexity index is 653. The van der Waals surface area contributed by atoms with Crippen molar-refractivity contribution < 1.29 is 19.1 Å². The van der Waals surface area contributed by atoms with Gasteiger partial charge >= 0.3 is 0 Å². The summed E-state index contributed by atoms with van der Waals surface area (Å²) in [7, 11) is 0. The molecular weight excluding hydrogens is 320 g/mol. The van der Waals surface area contributed by atoms with Gasteiger partial charge in [0.2, 0.25) is 11.8 Å². The van der Waals surface area contributed by atoms with Crippen LogP contribution in [0.2, 0.25) is 0 Å². The van der Waals surface area contributed by atoms with Gasteiger partial charge in [0, 0.05) is 31.5 Å². The first-order valence-corrected chi connectivity index (χ1v) is 8.78. The predicted molar refractivity (Wildman–Crippen MR) is 91.7 cm³/mol. The molecule has 1 aromatic carbocycles. The minimum atomic E-state index is -0.127. The van der Waals surface area contributed by atoms with Crippen molar-refractivity contribution in [2.24, 2.45) is 5.92 Å². The predicted octanol–water partition coefficient (Wildman–Crippen LogP) is 1.83. The van der Waals surface area contributed by atoms with Gasteiger partial charge in [0.05, 0.1) is 19.3 Å². The summed E-state index contributed by atoms with van der Waals surface area (Å²) in [6.45, 7) is 6.23. The van der Waals surface area contributed by atoms with E-state index in [1.54, 1.807) is 12.1 Å². The van der Waals surface area contributed by atoms with Crippen LogP contribution in [-0.2, 0) is 20.9 Å². The topological polar surface area (TPSA) is 66.9 Å². The summed E-state index contributed by atoms with van der Waals surface area (Å²) >= 11 is 0. The van der Waals surface area contributed by atoms with Crippen LogP contribution in [0.5, 0.6) is 0 Å². The van der Waals surface area contributed by atoms with Crippen LogP contribution >= 0.6 is 0 Å². The number of likely N-dealkylation sites (tertiary alicyclic amines) is 1. The Labute approximate surface area is 147 Å². The minimum absolute atomic E-state index is 0.00572. The second-order valence-electron chi connectivity index (χ2n) is 6.97. The highest BCUT2D eigenvalue weighted by Gasteiger charge is 2.29. The minimum Gasteiger partial charge on any atom is -0.374 e. The van der Waals surface area contributed by atoms with Gasteiger partial charge in [-0.15, -0.1) is 0 Å². The number of ether oxygens (including phenoxy) is 1. The zero-order valence-electron chi connectivity index (χ0n) is 14.7. The van der Waals surface area contributed by atoms with Crippen LogP contribution in [-0.4, -0.2) is 53.3 Å². The quantitative estimate of drug-likeness (QED) is 0.782. The average Bonchev–Trinajstić information content (AvgIpc) is 2.94. The van der Waals surface area contributed by atoms with Crippen molar-refractivity contribution in [2.75, 3.05) is 19.7 Å². The molecule has 0 N–H and O–H groups in total. The molecule has 2 saturated heterocycles.